The number of rotatable bonds is 68. The second kappa shape index (κ2) is 69.2. The Morgan fingerprint density at radius 2 is 0.674 bits per heavy atom. The van der Waals surface area contributed by atoms with E-state index in [1.54, 1.807) is 0 Å². The van der Waals surface area contributed by atoms with Crippen molar-refractivity contribution in [2.45, 2.75) is 341 Å². The van der Waals surface area contributed by atoms with Crippen LogP contribution in [0.15, 0.2) is 122 Å². The average Bonchev–Trinajstić information content (AvgIpc) is 3.64. The minimum atomic E-state index is -4.35. The van der Waals surface area contributed by atoms with Crippen LogP contribution in [-0.2, 0) is 18.4 Å². The minimum absolute atomic E-state index is 0.0635. The Balaban J connectivity index is 4.12. The molecule has 0 heterocycles. The normalized spacial score (nSPS) is 14.3. The number of phosphoric ester groups is 1. The van der Waals surface area contributed by atoms with E-state index >= 15 is 0 Å². The van der Waals surface area contributed by atoms with Gasteiger partial charge in [-0.25, -0.2) is 4.57 Å². The molecule has 1 amide bonds. The number of nitrogens with one attached hydrogen (secondary N) is 1. The maximum absolute atomic E-state index is 13.1. The van der Waals surface area contributed by atoms with Crippen LogP contribution in [0.5, 0.6) is 0 Å². The molecular weight excluding hydrogens is 1120 g/mol. The summed E-state index contributed by atoms with van der Waals surface area (Å²) in [4.78, 5) is 23.5. The van der Waals surface area contributed by atoms with Gasteiger partial charge in [0.05, 0.1) is 39.9 Å². The van der Waals surface area contributed by atoms with Crippen LogP contribution >= 0.6 is 7.82 Å². The number of hydrogen-bond acceptors (Lipinski definition) is 5. The van der Waals surface area contributed by atoms with Gasteiger partial charge in [-0.15, -0.1) is 0 Å². The Bertz CT molecular complexity index is 1870. The van der Waals surface area contributed by atoms with Crippen LogP contribution in [0, 0.1) is 0 Å². The van der Waals surface area contributed by atoms with Gasteiger partial charge in [0, 0.05) is 6.42 Å². The topological polar surface area (TPSA) is 105 Å². The fraction of sp³-hybridized carbons (Fsp3) is 0.738. The standard InChI is InChI=1S/C80H143N2O6P/c1-6-8-10-12-14-16-18-20-22-24-26-28-30-32-34-36-38-40-41-42-44-46-48-50-52-54-56-58-60-62-64-66-68-70-72-74-80(84)81-78(77-88-89(85,86)87-76-75-82(3,4)5)79(83)73-71-69-67-65-63-61-59-57-55-53-51-49-47-45-43-39-37-35-33-31-29-27-25-23-21-19-17-15-13-11-9-7-2/h8,10,14,16,20,22,26,28,32,34,38,40,42,44,48,50,54,56,60,62,78-79,83H,6-7,9,11-13,15,17-19,21,23-25,27,29-31,33,35-37,39,41,43,45-47,49,51-53,55,57-59,61,63-77H2,1-5H3,(H-,81,84,85,86)/p+1/b10-8-,16-14-,22-20-,28-26-,34-32-,40-38-,44-42-,50-48-,56-54-,62-60-. The zero-order valence-corrected chi connectivity index (χ0v) is 59.8. The molecular formula is C80H144N2O6P+. The molecule has 3 N–H and O–H groups in total. The van der Waals surface area contributed by atoms with Gasteiger partial charge < -0.3 is 19.8 Å². The molecule has 0 saturated heterocycles. The van der Waals surface area contributed by atoms with Gasteiger partial charge in [-0.05, 0) is 89.9 Å². The maximum Gasteiger partial charge on any atom is 0.472 e. The number of nitrogens with zero attached hydrogens (tertiary/aromatic N) is 1. The summed E-state index contributed by atoms with van der Waals surface area (Å²) in [5.74, 6) is -0.169. The Kier molecular flexibility index (Phi) is 66.8. The molecule has 8 nitrogen and oxygen atoms in total. The molecule has 0 aromatic heterocycles. The van der Waals surface area contributed by atoms with Gasteiger partial charge in [-0.1, -0.05) is 354 Å². The molecule has 0 saturated carbocycles. The van der Waals surface area contributed by atoms with E-state index in [-0.39, 0.29) is 19.1 Å². The number of aliphatic hydroxyl groups excluding tert-OH is 1. The van der Waals surface area contributed by atoms with Gasteiger partial charge in [0.2, 0.25) is 5.91 Å². The summed E-state index contributed by atoms with van der Waals surface area (Å²) in [5.41, 5.74) is 0. The molecule has 3 atom stereocenters. The fourth-order valence-electron chi connectivity index (χ4n) is 10.7. The number of quaternary nitrogens is 1. The zero-order chi connectivity index (χ0) is 64.8. The van der Waals surface area contributed by atoms with Crippen LogP contribution in [0.25, 0.3) is 0 Å². The quantitative estimate of drug-likeness (QED) is 0.0243. The van der Waals surface area contributed by atoms with Crippen LogP contribution in [0.2, 0.25) is 0 Å². The lowest BCUT2D eigenvalue weighted by molar-refractivity contribution is -0.870. The van der Waals surface area contributed by atoms with Crippen molar-refractivity contribution in [2.24, 2.45) is 0 Å². The average molecular weight is 1260 g/mol. The number of allylic oxidation sites excluding steroid dienone is 20. The Labute approximate surface area is 552 Å². The summed E-state index contributed by atoms with van der Waals surface area (Å²) in [6.45, 7) is 4.78. The highest BCUT2D eigenvalue weighted by Crippen LogP contribution is 2.43. The molecule has 0 fully saturated rings. The van der Waals surface area contributed by atoms with Crippen LogP contribution < -0.4 is 5.32 Å². The van der Waals surface area contributed by atoms with Crippen molar-refractivity contribution in [3.8, 4) is 0 Å². The molecule has 0 bridgehead atoms. The van der Waals surface area contributed by atoms with Crippen LogP contribution in [0.4, 0.5) is 0 Å². The fourth-order valence-corrected chi connectivity index (χ4v) is 11.5. The summed E-state index contributed by atoms with van der Waals surface area (Å²) in [6, 6.07) is -0.786. The van der Waals surface area contributed by atoms with Gasteiger partial charge in [-0.3, -0.25) is 13.8 Å². The molecule has 514 valence electrons. The first kappa shape index (κ1) is 85.9. The first-order valence-corrected chi connectivity index (χ1v) is 38.9. The van der Waals surface area contributed by atoms with E-state index in [1.165, 1.54) is 186 Å². The number of aliphatic hydroxyl groups is 1. The van der Waals surface area contributed by atoms with Gasteiger partial charge in [0.15, 0.2) is 0 Å². The number of carbonyl (C=O) groups is 1. The predicted octanol–water partition coefficient (Wildman–Crippen LogP) is 24.4. The van der Waals surface area contributed by atoms with Gasteiger partial charge in [0.1, 0.15) is 13.2 Å². The third kappa shape index (κ3) is 72.2. The van der Waals surface area contributed by atoms with Crippen LogP contribution in [-0.4, -0.2) is 73.4 Å². The van der Waals surface area contributed by atoms with Crippen molar-refractivity contribution < 1.29 is 32.9 Å². The van der Waals surface area contributed by atoms with Crippen molar-refractivity contribution in [1.82, 2.24) is 5.32 Å². The van der Waals surface area contributed by atoms with Crippen LogP contribution in [0.3, 0.4) is 0 Å². The van der Waals surface area contributed by atoms with Crippen LogP contribution in [0.1, 0.15) is 328 Å². The predicted molar refractivity (Wildman–Crippen MR) is 392 cm³/mol. The highest BCUT2D eigenvalue weighted by Gasteiger charge is 2.28. The molecule has 89 heavy (non-hydrogen) atoms. The SMILES string of the molecule is CC/C=C\C/C=C\C/C=C\C/C=C\C/C=C\C/C=C\C/C=C\C/C=C\C/C=C\C/C=C\CCCCCCC(=O)NC(COP(=O)(O)OCC[N+](C)(C)C)C(O)CCCCCCCCCCCCCCCCCCCCCCCCCCCCCCCCCC. The Morgan fingerprint density at radius 1 is 0.393 bits per heavy atom. The molecule has 0 spiro atoms. The number of amides is 1. The zero-order valence-electron chi connectivity index (χ0n) is 58.9. The number of hydrogen-bond donors (Lipinski definition) is 3. The number of phosphoric acid groups is 1. The van der Waals surface area contributed by atoms with Gasteiger partial charge in [-0.2, -0.15) is 0 Å². The molecule has 0 aliphatic rings. The molecule has 3 unspecified atom stereocenters. The lowest BCUT2D eigenvalue weighted by atomic mass is 10.0. The lowest BCUT2D eigenvalue weighted by Gasteiger charge is -2.26. The molecule has 0 aliphatic heterocycles. The smallest absolute Gasteiger partial charge is 0.391 e. The first-order valence-electron chi connectivity index (χ1n) is 37.4. The molecule has 0 aromatic rings. The highest BCUT2D eigenvalue weighted by molar-refractivity contribution is 7.47. The van der Waals surface area contributed by atoms with E-state index in [4.69, 9.17) is 9.05 Å². The van der Waals surface area contributed by atoms with Crippen molar-refractivity contribution in [1.29, 1.82) is 0 Å². The number of unbranched alkanes of at least 4 members (excludes halogenated alkanes) is 35. The third-order valence-corrected chi connectivity index (χ3v) is 17.5. The van der Waals surface area contributed by atoms with E-state index in [2.05, 4.69) is 141 Å². The maximum atomic E-state index is 13.1. The van der Waals surface area contributed by atoms with Crippen molar-refractivity contribution in [3.63, 3.8) is 0 Å². The second-order valence-corrected chi connectivity index (χ2v) is 27.8. The summed E-state index contributed by atoms with van der Waals surface area (Å²) < 4.78 is 23.9. The summed E-state index contributed by atoms with van der Waals surface area (Å²) >= 11 is 0. The Morgan fingerprint density at radius 3 is 0.989 bits per heavy atom. The summed E-state index contributed by atoms with van der Waals surface area (Å²) in [6.07, 6.45) is 103. The molecule has 9 heteroatoms. The van der Waals surface area contributed by atoms with Crippen molar-refractivity contribution in [3.05, 3.63) is 122 Å². The first-order chi connectivity index (χ1) is 43.5. The molecule has 0 aliphatic carbocycles. The second-order valence-electron chi connectivity index (χ2n) is 26.3. The Hall–Kier alpha value is -3.10. The highest BCUT2D eigenvalue weighted by atomic mass is 31.2. The lowest BCUT2D eigenvalue weighted by Crippen LogP contribution is -2.46. The monoisotopic (exact) mass is 1260 g/mol. The largest absolute Gasteiger partial charge is 0.472 e. The molecule has 0 rings (SSSR count). The summed E-state index contributed by atoms with van der Waals surface area (Å²) in [7, 11) is 1.59. The van der Waals surface area contributed by atoms with E-state index in [0.29, 0.717) is 23.9 Å². The van der Waals surface area contributed by atoms with E-state index in [9.17, 15) is 19.4 Å². The summed E-state index contributed by atoms with van der Waals surface area (Å²) in [5, 5.41) is 14.2. The van der Waals surface area contributed by atoms with Gasteiger partial charge in [0.25, 0.3) is 0 Å². The van der Waals surface area contributed by atoms with Crippen molar-refractivity contribution in [2.75, 3.05) is 40.9 Å². The van der Waals surface area contributed by atoms with Crippen molar-refractivity contribution >= 4 is 13.7 Å². The number of carbonyl (C=O) groups excluding carboxylic acids is 1. The van der Waals surface area contributed by atoms with E-state index < -0.39 is 20.0 Å². The van der Waals surface area contributed by atoms with Gasteiger partial charge >= 0.3 is 7.82 Å². The van der Waals surface area contributed by atoms with E-state index in [0.717, 1.165) is 116 Å². The molecule has 0 aromatic carbocycles. The third-order valence-electron chi connectivity index (χ3n) is 16.5. The minimum Gasteiger partial charge on any atom is -0.391 e. The number of likely N-dealkylation sites (N-methyl/N-ethyl adjacent to an activating group) is 1. The molecule has 0 radical (unpaired) electrons. The van der Waals surface area contributed by atoms with E-state index in [1.807, 2.05) is 21.1 Å².